The fourth-order valence-electron chi connectivity index (χ4n) is 2.84. The van der Waals surface area contributed by atoms with E-state index in [1.807, 2.05) is 18.2 Å². The average Bonchev–Trinajstić information content (AvgIpc) is 3.16. The Labute approximate surface area is 140 Å². The molecule has 0 atom stereocenters. The second-order valence-electron chi connectivity index (χ2n) is 5.79. The van der Waals surface area contributed by atoms with Crippen LogP contribution in [-0.2, 0) is 4.79 Å². The maximum absolute atomic E-state index is 12.4. The number of nitrogens with zero attached hydrogens (tertiary/aromatic N) is 1. The maximum Gasteiger partial charge on any atom is 0.257 e. The molecule has 1 N–H and O–H groups in total. The van der Waals surface area contributed by atoms with Crippen molar-refractivity contribution in [2.24, 2.45) is 5.92 Å². The van der Waals surface area contributed by atoms with E-state index >= 15 is 0 Å². The lowest BCUT2D eigenvalue weighted by atomic mass is 9.95. The Kier molecular flexibility index (Phi) is 4.66. The summed E-state index contributed by atoms with van der Waals surface area (Å²) < 4.78 is 4.95. The van der Waals surface area contributed by atoms with Crippen LogP contribution in [0, 0.1) is 18.3 Å². The van der Waals surface area contributed by atoms with Gasteiger partial charge in [-0.1, -0.05) is 12.0 Å². The summed E-state index contributed by atoms with van der Waals surface area (Å²) in [5.74, 6) is 2.37. The number of hydrogen-bond acceptors (Lipinski definition) is 3. The summed E-state index contributed by atoms with van der Waals surface area (Å²) >= 11 is 0. The highest BCUT2D eigenvalue weighted by Gasteiger charge is 2.28. The number of furan rings is 1. The Bertz CT molecular complexity index is 766. The Morgan fingerprint density at radius 1 is 1.25 bits per heavy atom. The van der Waals surface area contributed by atoms with Crippen molar-refractivity contribution >= 4 is 17.5 Å². The molecule has 5 heteroatoms. The summed E-state index contributed by atoms with van der Waals surface area (Å²) in [5.41, 5.74) is 1.98. The molecular weight excluding hydrogens is 304 g/mol. The lowest BCUT2D eigenvalue weighted by molar-refractivity contribution is -0.121. The van der Waals surface area contributed by atoms with Crippen molar-refractivity contribution in [3.8, 4) is 12.3 Å². The predicted molar refractivity (Wildman–Crippen MR) is 90.3 cm³/mol. The Balaban J connectivity index is 1.55. The van der Waals surface area contributed by atoms with Gasteiger partial charge in [0, 0.05) is 30.3 Å². The molecule has 0 aliphatic carbocycles. The number of carbonyl (C=O) groups excluding carboxylic acids is 2. The summed E-state index contributed by atoms with van der Waals surface area (Å²) in [5, 5.41) is 2.91. The van der Waals surface area contributed by atoms with E-state index in [2.05, 4.69) is 11.2 Å². The van der Waals surface area contributed by atoms with Gasteiger partial charge in [-0.3, -0.25) is 9.59 Å². The van der Waals surface area contributed by atoms with Crippen LogP contribution in [0.3, 0.4) is 0 Å². The van der Waals surface area contributed by atoms with Gasteiger partial charge in [0.2, 0.25) is 5.91 Å². The number of nitrogens with one attached hydrogen (secondary N) is 1. The maximum atomic E-state index is 12.4. The van der Waals surface area contributed by atoms with E-state index in [1.165, 1.54) is 12.5 Å². The van der Waals surface area contributed by atoms with E-state index in [9.17, 15) is 9.59 Å². The summed E-state index contributed by atoms with van der Waals surface area (Å²) in [4.78, 5) is 26.4. The molecule has 1 fully saturated rings. The zero-order valence-corrected chi connectivity index (χ0v) is 13.2. The quantitative estimate of drug-likeness (QED) is 0.884. The number of rotatable bonds is 3. The van der Waals surface area contributed by atoms with E-state index in [1.54, 1.807) is 17.0 Å². The normalized spacial score (nSPS) is 14.9. The van der Waals surface area contributed by atoms with Gasteiger partial charge in [0.15, 0.2) is 0 Å². The number of terminal acetylenes is 1. The first-order valence-electron chi connectivity index (χ1n) is 7.86. The van der Waals surface area contributed by atoms with Gasteiger partial charge in [0.25, 0.3) is 5.91 Å². The van der Waals surface area contributed by atoms with Crippen molar-refractivity contribution in [1.29, 1.82) is 0 Å². The van der Waals surface area contributed by atoms with Crippen LogP contribution in [0.25, 0.3) is 0 Å². The highest BCUT2D eigenvalue weighted by Crippen LogP contribution is 2.21. The fourth-order valence-corrected chi connectivity index (χ4v) is 2.84. The van der Waals surface area contributed by atoms with Crippen molar-refractivity contribution in [2.45, 2.75) is 12.8 Å². The van der Waals surface area contributed by atoms with Crippen molar-refractivity contribution in [2.75, 3.05) is 18.4 Å². The van der Waals surface area contributed by atoms with Crippen LogP contribution < -0.4 is 5.32 Å². The number of amides is 2. The lowest BCUT2D eigenvalue weighted by Crippen LogP contribution is -2.41. The van der Waals surface area contributed by atoms with Crippen LogP contribution >= 0.6 is 0 Å². The number of anilines is 1. The molecule has 2 aromatic rings. The van der Waals surface area contributed by atoms with Gasteiger partial charge in [-0.25, -0.2) is 0 Å². The lowest BCUT2D eigenvalue weighted by Gasteiger charge is -2.31. The van der Waals surface area contributed by atoms with Gasteiger partial charge in [0.05, 0.1) is 11.8 Å². The SMILES string of the molecule is C#Cc1cccc(NC(=O)C2CCN(C(=O)c3ccoc3)CC2)c1. The fraction of sp³-hybridized carbons (Fsp3) is 0.263. The predicted octanol–water partition coefficient (Wildman–Crippen LogP) is 2.75. The molecule has 1 aliphatic rings. The van der Waals surface area contributed by atoms with Crippen LogP contribution in [0.15, 0.2) is 47.3 Å². The largest absolute Gasteiger partial charge is 0.472 e. The van der Waals surface area contributed by atoms with Gasteiger partial charge in [-0.2, -0.15) is 0 Å². The molecule has 0 spiro atoms. The molecule has 2 heterocycles. The monoisotopic (exact) mass is 322 g/mol. The molecule has 24 heavy (non-hydrogen) atoms. The number of carbonyl (C=O) groups is 2. The molecule has 5 nitrogen and oxygen atoms in total. The van der Waals surface area contributed by atoms with Gasteiger partial charge in [-0.05, 0) is 37.1 Å². The van der Waals surface area contributed by atoms with E-state index in [4.69, 9.17) is 10.8 Å². The highest BCUT2D eigenvalue weighted by molar-refractivity contribution is 5.95. The second-order valence-corrected chi connectivity index (χ2v) is 5.79. The van der Waals surface area contributed by atoms with E-state index < -0.39 is 0 Å². The van der Waals surface area contributed by atoms with Gasteiger partial charge in [-0.15, -0.1) is 6.42 Å². The zero-order valence-electron chi connectivity index (χ0n) is 13.2. The molecule has 0 bridgehead atoms. The van der Waals surface area contributed by atoms with Gasteiger partial charge < -0.3 is 14.6 Å². The molecule has 0 radical (unpaired) electrons. The summed E-state index contributed by atoms with van der Waals surface area (Å²) in [6.45, 7) is 1.12. The minimum absolute atomic E-state index is 0.0282. The van der Waals surface area contributed by atoms with Crippen molar-refractivity contribution in [1.82, 2.24) is 4.90 Å². The van der Waals surface area contributed by atoms with Gasteiger partial charge >= 0.3 is 0 Å². The van der Waals surface area contributed by atoms with E-state index in [0.717, 1.165) is 5.56 Å². The summed E-state index contributed by atoms with van der Waals surface area (Å²) in [6.07, 6.45) is 9.58. The second kappa shape index (κ2) is 7.05. The topological polar surface area (TPSA) is 62.6 Å². The first-order chi connectivity index (χ1) is 11.7. The highest BCUT2D eigenvalue weighted by atomic mass is 16.3. The number of hydrogen-bond donors (Lipinski definition) is 1. The molecule has 2 amide bonds. The van der Waals surface area contributed by atoms with Crippen molar-refractivity contribution in [3.63, 3.8) is 0 Å². The number of likely N-dealkylation sites (tertiary alicyclic amines) is 1. The smallest absolute Gasteiger partial charge is 0.257 e. The molecule has 122 valence electrons. The minimum Gasteiger partial charge on any atom is -0.472 e. The number of piperidine rings is 1. The molecule has 1 aliphatic heterocycles. The zero-order chi connectivity index (χ0) is 16.9. The molecular formula is C19H18N2O3. The third-order valence-corrected chi connectivity index (χ3v) is 4.22. The minimum atomic E-state index is -0.104. The van der Waals surface area contributed by atoms with Crippen LogP contribution in [0.4, 0.5) is 5.69 Å². The summed E-state index contributed by atoms with van der Waals surface area (Å²) in [6, 6.07) is 8.87. The van der Waals surface area contributed by atoms with Crippen molar-refractivity contribution in [3.05, 3.63) is 54.0 Å². The standard InChI is InChI=1S/C19H18N2O3/c1-2-14-4-3-5-17(12-14)20-18(22)15-6-9-21(10-7-15)19(23)16-8-11-24-13-16/h1,3-5,8,11-13,15H,6-7,9-10H2,(H,20,22). The number of benzene rings is 1. The summed E-state index contributed by atoms with van der Waals surface area (Å²) in [7, 11) is 0. The van der Waals surface area contributed by atoms with E-state index in [0.29, 0.717) is 37.2 Å². The van der Waals surface area contributed by atoms with Crippen LogP contribution in [-0.4, -0.2) is 29.8 Å². The van der Waals surface area contributed by atoms with Crippen LogP contribution in [0.1, 0.15) is 28.8 Å². The first-order valence-corrected chi connectivity index (χ1v) is 7.86. The molecule has 0 saturated carbocycles. The first kappa shape index (κ1) is 15.9. The third kappa shape index (κ3) is 3.49. The van der Waals surface area contributed by atoms with Gasteiger partial charge in [0.1, 0.15) is 6.26 Å². The Morgan fingerprint density at radius 3 is 2.71 bits per heavy atom. The molecule has 1 aromatic heterocycles. The Morgan fingerprint density at radius 2 is 2.04 bits per heavy atom. The molecule has 3 rings (SSSR count). The third-order valence-electron chi connectivity index (χ3n) is 4.22. The van der Waals surface area contributed by atoms with Crippen LogP contribution in [0.2, 0.25) is 0 Å². The Hall–Kier alpha value is -3.00. The molecule has 0 unspecified atom stereocenters. The van der Waals surface area contributed by atoms with Crippen LogP contribution in [0.5, 0.6) is 0 Å². The average molecular weight is 322 g/mol. The molecule has 1 aromatic carbocycles. The van der Waals surface area contributed by atoms with Crippen molar-refractivity contribution < 1.29 is 14.0 Å². The van der Waals surface area contributed by atoms with E-state index in [-0.39, 0.29) is 17.7 Å². The molecule has 1 saturated heterocycles.